The van der Waals surface area contributed by atoms with E-state index in [1.165, 1.54) is 18.5 Å². The third kappa shape index (κ3) is 3.85. The van der Waals surface area contributed by atoms with Crippen LogP contribution in [-0.2, 0) is 4.74 Å². The van der Waals surface area contributed by atoms with Crippen LogP contribution in [0.2, 0.25) is 0 Å². The zero-order valence-electron chi connectivity index (χ0n) is 16.2. The number of rotatable bonds is 6. The number of nitrogens with two attached hydrogens (primary N) is 1. The molecule has 1 amide bonds. The van der Waals surface area contributed by atoms with E-state index in [9.17, 15) is 15.0 Å². The fourth-order valence-electron chi connectivity index (χ4n) is 3.84. The third-order valence-corrected chi connectivity index (χ3v) is 5.37. The van der Waals surface area contributed by atoms with Crippen molar-refractivity contribution < 1.29 is 19.7 Å². The van der Waals surface area contributed by atoms with E-state index in [2.05, 4.69) is 22.4 Å². The number of aliphatic hydroxyl groups excluding tert-OH is 2. The summed E-state index contributed by atoms with van der Waals surface area (Å²) in [5.74, 6) is -0.0460. The summed E-state index contributed by atoms with van der Waals surface area (Å²) < 4.78 is 5.42. The van der Waals surface area contributed by atoms with Crippen molar-refractivity contribution in [2.75, 3.05) is 18.9 Å². The number of aliphatic hydroxyl groups is 2. The van der Waals surface area contributed by atoms with Crippen LogP contribution in [0, 0.1) is 0 Å². The highest BCUT2D eigenvalue weighted by atomic mass is 16.5. The zero-order chi connectivity index (χ0) is 21.1. The van der Waals surface area contributed by atoms with E-state index in [0.717, 1.165) is 22.3 Å². The lowest BCUT2D eigenvalue weighted by molar-refractivity contribution is 0.0189. The summed E-state index contributed by atoms with van der Waals surface area (Å²) in [6, 6.07) is 17.7. The molecule has 1 aliphatic carbocycles. The monoisotopic (exact) mass is 405 g/mol. The average molecular weight is 405 g/mol. The second kappa shape index (κ2) is 8.52. The fraction of sp³-hybridized carbons (Fsp3) is 0.217. The molecule has 0 aliphatic heterocycles. The minimum atomic E-state index is -1.25. The maximum atomic E-state index is 12.2. The molecule has 1 aliphatic rings. The number of nitrogens with zero attached hydrogens (tertiary/aromatic N) is 1. The van der Waals surface area contributed by atoms with Crippen LogP contribution in [-0.4, -0.2) is 40.5 Å². The Bertz CT molecular complexity index is 1010. The van der Waals surface area contributed by atoms with E-state index in [1.54, 1.807) is 0 Å². The number of hydrogen-bond donors (Lipinski definition) is 4. The van der Waals surface area contributed by atoms with Crippen molar-refractivity contribution in [2.45, 2.75) is 18.1 Å². The summed E-state index contributed by atoms with van der Waals surface area (Å²) in [5, 5.41) is 22.9. The van der Waals surface area contributed by atoms with Gasteiger partial charge in [-0.25, -0.2) is 4.79 Å². The fourth-order valence-corrected chi connectivity index (χ4v) is 3.84. The van der Waals surface area contributed by atoms with Gasteiger partial charge in [0.25, 0.3) is 0 Å². The van der Waals surface area contributed by atoms with Crippen LogP contribution in [0.3, 0.4) is 0 Å². The Morgan fingerprint density at radius 1 is 1.07 bits per heavy atom. The summed E-state index contributed by atoms with van der Waals surface area (Å²) in [4.78, 5) is 16.0. The molecule has 0 saturated heterocycles. The summed E-state index contributed by atoms with van der Waals surface area (Å²) >= 11 is 0. The van der Waals surface area contributed by atoms with Gasteiger partial charge in [0.2, 0.25) is 0 Å². The number of pyridine rings is 1. The molecule has 0 fully saturated rings. The van der Waals surface area contributed by atoms with E-state index in [4.69, 9.17) is 10.5 Å². The number of hydrogen-bond acceptors (Lipinski definition) is 6. The van der Waals surface area contributed by atoms with E-state index in [1.807, 2.05) is 36.4 Å². The lowest BCUT2D eigenvalue weighted by Gasteiger charge is -2.20. The highest BCUT2D eigenvalue weighted by Gasteiger charge is 2.29. The van der Waals surface area contributed by atoms with Crippen molar-refractivity contribution in [2.24, 2.45) is 0 Å². The van der Waals surface area contributed by atoms with Crippen molar-refractivity contribution in [3.05, 3.63) is 83.7 Å². The second-order valence-electron chi connectivity index (χ2n) is 7.22. The molecule has 4 rings (SSSR count). The number of fused-ring (bicyclic) bond motifs is 3. The van der Waals surface area contributed by atoms with E-state index in [0.29, 0.717) is 5.56 Å². The van der Waals surface area contributed by atoms with Crippen molar-refractivity contribution in [3.8, 4) is 11.1 Å². The largest absolute Gasteiger partial charge is 0.449 e. The van der Waals surface area contributed by atoms with Gasteiger partial charge in [0.05, 0.1) is 11.9 Å². The Morgan fingerprint density at radius 2 is 1.70 bits per heavy atom. The maximum Gasteiger partial charge on any atom is 0.407 e. The SMILES string of the molecule is Nc1cnccc1C(O)C(O)CNC(=O)OCC1c2ccccc2-c2ccccc21. The summed E-state index contributed by atoms with van der Waals surface area (Å²) in [6.07, 6.45) is -0.284. The molecule has 0 spiro atoms. The lowest BCUT2D eigenvalue weighted by atomic mass is 9.98. The predicted molar refractivity (Wildman–Crippen MR) is 113 cm³/mol. The normalized spacial score (nSPS) is 14.5. The average Bonchev–Trinajstić information content (AvgIpc) is 3.09. The number of carbonyl (C=O) groups is 1. The Kier molecular flexibility index (Phi) is 5.65. The second-order valence-corrected chi connectivity index (χ2v) is 7.22. The van der Waals surface area contributed by atoms with Crippen molar-refractivity contribution in [3.63, 3.8) is 0 Å². The molecule has 5 N–H and O–H groups in total. The van der Waals surface area contributed by atoms with Crippen LogP contribution < -0.4 is 11.1 Å². The number of alkyl carbamates (subject to hydrolysis) is 1. The highest BCUT2D eigenvalue weighted by molar-refractivity contribution is 5.79. The number of amides is 1. The molecule has 0 radical (unpaired) electrons. The lowest BCUT2D eigenvalue weighted by Crippen LogP contribution is -2.36. The van der Waals surface area contributed by atoms with Gasteiger partial charge >= 0.3 is 6.09 Å². The van der Waals surface area contributed by atoms with Gasteiger partial charge in [-0.3, -0.25) is 4.98 Å². The maximum absolute atomic E-state index is 12.2. The first kappa shape index (κ1) is 19.9. The molecule has 1 aromatic heterocycles. The van der Waals surface area contributed by atoms with Gasteiger partial charge in [0.1, 0.15) is 18.8 Å². The molecule has 2 unspecified atom stereocenters. The van der Waals surface area contributed by atoms with E-state index < -0.39 is 18.3 Å². The van der Waals surface area contributed by atoms with Gasteiger partial charge in [0.15, 0.2) is 0 Å². The third-order valence-electron chi connectivity index (χ3n) is 5.37. The minimum absolute atomic E-state index is 0.0460. The van der Waals surface area contributed by atoms with Gasteiger partial charge in [-0.15, -0.1) is 0 Å². The van der Waals surface area contributed by atoms with E-state index in [-0.39, 0.29) is 24.8 Å². The number of aromatic nitrogens is 1. The van der Waals surface area contributed by atoms with Gasteiger partial charge in [-0.2, -0.15) is 0 Å². The van der Waals surface area contributed by atoms with Crippen LogP contribution >= 0.6 is 0 Å². The number of benzene rings is 2. The number of nitrogens with one attached hydrogen (secondary N) is 1. The molecule has 7 nitrogen and oxygen atoms in total. The molecule has 3 aromatic rings. The van der Waals surface area contributed by atoms with Crippen molar-refractivity contribution in [1.29, 1.82) is 0 Å². The molecular weight excluding hydrogens is 382 g/mol. The van der Waals surface area contributed by atoms with Crippen molar-refractivity contribution in [1.82, 2.24) is 10.3 Å². The Hall–Kier alpha value is -3.42. The minimum Gasteiger partial charge on any atom is -0.449 e. The first-order chi connectivity index (χ1) is 14.6. The Morgan fingerprint density at radius 3 is 2.33 bits per heavy atom. The van der Waals surface area contributed by atoms with Crippen LogP contribution in [0.1, 0.15) is 28.7 Å². The van der Waals surface area contributed by atoms with E-state index >= 15 is 0 Å². The Balaban J connectivity index is 1.35. The summed E-state index contributed by atoms with van der Waals surface area (Å²) in [5.41, 5.74) is 10.9. The molecule has 30 heavy (non-hydrogen) atoms. The van der Waals surface area contributed by atoms with Gasteiger partial charge in [0, 0.05) is 24.2 Å². The van der Waals surface area contributed by atoms with Gasteiger partial charge < -0.3 is 26.0 Å². The number of carbonyl (C=O) groups excluding carboxylic acids is 1. The molecule has 0 saturated carbocycles. The quantitative estimate of drug-likeness (QED) is 0.501. The summed E-state index contributed by atoms with van der Waals surface area (Å²) in [7, 11) is 0. The van der Waals surface area contributed by atoms with Crippen LogP contribution in [0.5, 0.6) is 0 Å². The first-order valence-corrected chi connectivity index (χ1v) is 9.70. The molecule has 7 heteroatoms. The number of nitrogen functional groups attached to an aromatic ring is 1. The molecule has 0 bridgehead atoms. The van der Waals surface area contributed by atoms with Crippen LogP contribution in [0.25, 0.3) is 11.1 Å². The molecule has 2 aromatic carbocycles. The van der Waals surface area contributed by atoms with Gasteiger partial charge in [-0.05, 0) is 28.3 Å². The van der Waals surface area contributed by atoms with Gasteiger partial charge in [-0.1, -0.05) is 48.5 Å². The zero-order valence-corrected chi connectivity index (χ0v) is 16.2. The van der Waals surface area contributed by atoms with Crippen LogP contribution in [0.4, 0.5) is 10.5 Å². The molecule has 2 atom stereocenters. The standard InChI is InChI=1S/C23H23N3O4/c24-20-11-25-10-9-18(20)22(28)21(27)12-26-23(29)30-13-19-16-7-3-1-5-14(16)15-6-2-4-8-17(15)19/h1-11,19,21-22,27-28H,12-13,24H2,(H,26,29). The number of anilines is 1. The Labute approximate surface area is 174 Å². The van der Waals surface area contributed by atoms with Crippen molar-refractivity contribution >= 4 is 11.8 Å². The topological polar surface area (TPSA) is 118 Å². The molecule has 1 heterocycles. The van der Waals surface area contributed by atoms with Crippen LogP contribution in [0.15, 0.2) is 67.0 Å². The molecular formula is C23H23N3O4. The highest BCUT2D eigenvalue weighted by Crippen LogP contribution is 2.44. The summed E-state index contributed by atoms with van der Waals surface area (Å²) in [6.45, 7) is -0.00455. The first-order valence-electron chi connectivity index (χ1n) is 9.70. The predicted octanol–water partition coefficient (Wildman–Crippen LogP) is 2.60. The smallest absolute Gasteiger partial charge is 0.407 e. The molecule has 154 valence electrons. The number of ether oxygens (including phenoxy) is 1.